The third kappa shape index (κ3) is 2.53. The maximum absolute atomic E-state index is 13.3. The second-order valence-corrected chi connectivity index (χ2v) is 6.58. The van der Waals surface area contributed by atoms with Gasteiger partial charge >= 0.3 is 5.69 Å². The highest BCUT2D eigenvalue weighted by Gasteiger charge is 2.22. The fourth-order valence-electron chi connectivity index (χ4n) is 3.04. The standard InChI is InChI=1S/C19H12BrN3O3/c20-13-10-11-17(23(25)26)18(12-13)22-16-9-5-4-8-15(16)21(19(22)24)14-6-2-1-3-7-14/h1-12H. The minimum atomic E-state index is -0.483. The first-order chi connectivity index (χ1) is 12.6. The molecule has 0 saturated carbocycles. The zero-order valence-electron chi connectivity index (χ0n) is 13.4. The average Bonchev–Trinajstić information content (AvgIpc) is 2.93. The lowest BCUT2D eigenvalue weighted by molar-refractivity contribution is -0.384. The summed E-state index contributed by atoms with van der Waals surface area (Å²) in [6.07, 6.45) is 0. The molecule has 0 N–H and O–H groups in total. The van der Waals surface area contributed by atoms with Crippen molar-refractivity contribution in [3.63, 3.8) is 0 Å². The first-order valence-corrected chi connectivity index (χ1v) is 8.59. The van der Waals surface area contributed by atoms with Crippen LogP contribution in [0.3, 0.4) is 0 Å². The number of nitrogens with zero attached hydrogens (tertiary/aromatic N) is 3. The van der Waals surface area contributed by atoms with Gasteiger partial charge in [0.1, 0.15) is 5.69 Å². The lowest BCUT2D eigenvalue weighted by atomic mass is 10.2. The Balaban J connectivity index is 2.14. The zero-order chi connectivity index (χ0) is 18.3. The van der Waals surface area contributed by atoms with Crippen LogP contribution in [0.15, 0.2) is 82.1 Å². The Morgan fingerprint density at radius 3 is 2.12 bits per heavy atom. The zero-order valence-corrected chi connectivity index (χ0v) is 15.0. The van der Waals surface area contributed by atoms with Gasteiger partial charge in [-0.15, -0.1) is 0 Å². The molecule has 3 aromatic carbocycles. The van der Waals surface area contributed by atoms with E-state index in [4.69, 9.17) is 0 Å². The van der Waals surface area contributed by atoms with Crippen molar-refractivity contribution in [3.8, 4) is 11.4 Å². The molecule has 128 valence electrons. The minimum absolute atomic E-state index is 0.133. The van der Waals surface area contributed by atoms with E-state index in [1.54, 1.807) is 28.8 Å². The summed E-state index contributed by atoms with van der Waals surface area (Å²) >= 11 is 3.34. The Kier molecular flexibility index (Phi) is 3.93. The third-order valence-electron chi connectivity index (χ3n) is 4.14. The second kappa shape index (κ2) is 6.27. The molecule has 0 aliphatic rings. The molecule has 26 heavy (non-hydrogen) atoms. The van der Waals surface area contributed by atoms with Crippen LogP contribution in [0.5, 0.6) is 0 Å². The van der Waals surface area contributed by atoms with Gasteiger partial charge in [0.15, 0.2) is 0 Å². The lowest BCUT2D eigenvalue weighted by Crippen LogP contribution is -2.22. The molecule has 0 aliphatic heterocycles. The molecular weight excluding hydrogens is 398 g/mol. The molecule has 4 aromatic rings. The van der Waals surface area contributed by atoms with Gasteiger partial charge in [-0.1, -0.05) is 46.3 Å². The summed E-state index contributed by atoms with van der Waals surface area (Å²) in [6.45, 7) is 0. The smallest absolute Gasteiger partial charge is 0.260 e. The molecule has 0 spiro atoms. The van der Waals surface area contributed by atoms with E-state index in [1.165, 1.54) is 10.6 Å². The molecule has 0 bridgehead atoms. The molecule has 0 unspecified atom stereocenters. The van der Waals surface area contributed by atoms with Gasteiger partial charge in [0.2, 0.25) is 0 Å². The maximum Gasteiger partial charge on any atom is 0.338 e. The third-order valence-corrected chi connectivity index (χ3v) is 4.63. The Hall–Kier alpha value is -3.19. The first-order valence-electron chi connectivity index (χ1n) is 7.80. The predicted octanol–water partition coefficient (Wildman–Crippen LogP) is 4.45. The highest BCUT2D eigenvalue weighted by atomic mass is 79.9. The normalized spacial score (nSPS) is 11.0. The summed E-state index contributed by atoms with van der Waals surface area (Å²) < 4.78 is 3.59. The molecule has 7 heteroatoms. The van der Waals surface area contributed by atoms with Crippen molar-refractivity contribution in [2.75, 3.05) is 0 Å². The monoisotopic (exact) mass is 409 g/mol. The van der Waals surface area contributed by atoms with Crippen molar-refractivity contribution >= 4 is 32.7 Å². The van der Waals surface area contributed by atoms with Gasteiger partial charge in [0.05, 0.1) is 21.6 Å². The van der Waals surface area contributed by atoms with Crippen LogP contribution in [0.25, 0.3) is 22.4 Å². The van der Waals surface area contributed by atoms with Crippen LogP contribution >= 0.6 is 15.9 Å². The molecule has 1 heterocycles. The molecule has 6 nitrogen and oxygen atoms in total. The molecule has 0 radical (unpaired) electrons. The van der Waals surface area contributed by atoms with Gasteiger partial charge in [0, 0.05) is 10.5 Å². The van der Waals surface area contributed by atoms with Gasteiger partial charge in [-0.05, 0) is 36.4 Å². The minimum Gasteiger partial charge on any atom is -0.260 e. The van der Waals surface area contributed by atoms with E-state index in [2.05, 4.69) is 15.9 Å². The number of fused-ring (bicyclic) bond motifs is 1. The van der Waals surface area contributed by atoms with Crippen LogP contribution in [-0.4, -0.2) is 14.1 Å². The fraction of sp³-hybridized carbons (Fsp3) is 0. The quantitative estimate of drug-likeness (QED) is 0.370. The molecule has 0 amide bonds. The van der Waals surface area contributed by atoms with Crippen LogP contribution in [0.4, 0.5) is 5.69 Å². The summed E-state index contributed by atoms with van der Waals surface area (Å²) in [6, 6.07) is 21.0. The first kappa shape index (κ1) is 16.3. The number of hydrogen-bond donors (Lipinski definition) is 0. The van der Waals surface area contributed by atoms with Gasteiger partial charge in [-0.2, -0.15) is 0 Å². The number of aromatic nitrogens is 2. The van der Waals surface area contributed by atoms with Gasteiger partial charge in [0.25, 0.3) is 5.69 Å². The van der Waals surface area contributed by atoms with Crippen LogP contribution in [0.1, 0.15) is 0 Å². The Morgan fingerprint density at radius 2 is 1.46 bits per heavy atom. The number of imidazole rings is 1. The Labute approximate surface area is 156 Å². The van der Waals surface area contributed by atoms with Gasteiger partial charge in [-0.25, -0.2) is 4.79 Å². The number of halogens is 1. The summed E-state index contributed by atoms with van der Waals surface area (Å²) in [7, 11) is 0. The largest absolute Gasteiger partial charge is 0.338 e. The molecule has 4 rings (SSSR count). The second-order valence-electron chi connectivity index (χ2n) is 5.67. The van der Waals surface area contributed by atoms with Gasteiger partial charge < -0.3 is 0 Å². The maximum atomic E-state index is 13.3. The Morgan fingerprint density at radius 1 is 0.846 bits per heavy atom. The van der Waals surface area contributed by atoms with E-state index in [-0.39, 0.29) is 17.1 Å². The number of para-hydroxylation sites is 3. The highest BCUT2D eigenvalue weighted by molar-refractivity contribution is 9.10. The van der Waals surface area contributed by atoms with Crippen molar-refractivity contribution in [3.05, 3.63) is 97.9 Å². The lowest BCUT2D eigenvalue weighted by Gasteiger charge is -2.05. The molecule has 0 atom stereocenters. The number of nitro groups is 1. The van der Waals surface area contributed by atoms with Crippen molar-refractivity contribution in [2.24, 2.45) is 0 Å². The van der Waals surface area contributed by atoms with Gasteiger partial charge in [-0.3, -0.25) is 19.2 Å². The summed E-state index contributed by atoms with van der Waals surface area (Å²) in [5.74, 6) is 0. The molecule has 1 aromatic heterocycles. The van der Waals surface area contributed by atoms with Crippen LogP contribution in [0, 0.1) is 10.1 Å². The van der Waals surface area contributed by atoms with Crippen molar-refractivity contribution in [1.82, 2.24) is 9.13 Å². The van der Waals surface area contributed by atoms with Crippen molar-refractivity contribution in [2.45, 2.75) is 0 Å². The van der Waals surface area contributed by atoms with E-state index in [0.29, 0.717) is 21.2 Å². The number of nitro benzene ring substituents is 1. The average molecular weight is 410 g/mol. The number of benzene rings is 3. The summed E-state index contributed by atoms with van der Waals surface area (Å²) in [5.41, 5.74) is 1.70. The topological polar surface area (TPSA) is 70.1 Å². The van der Waals surface area contributed by atoms with E-state index >= 15 is 0 Å². The van der Waals surface area contributed by atoms with E-state index < -0.39 is 4.92 Å². The molecular formula is C19H12BrN3O3. The van der Waals surface area contributed by atoms with Crippen LogP contribution in [0.2, 0.25) is 0 Å². The van der Waals surface area contributed by atoms with Crippen LogP contribution in [-0.2, 0) is 0 Å². The summed E-state index contributed by atoms with van der Waals surface area (Å²) in [4.78, 5) is 24.3. The number of rotatable bonds is 3. The van der Waals surface area contributed by atoms with Crippen LogP contribution < -0.4 is 5.69 Å². The van der Waals surface area contributed by atoms with Crippen molar-refractivity contribution < 1.29 is 4.92 Å². The van der Waals surface area contributed by atoms with E-state index in [9.17, 15) is 14.9 Å². The van der Waals surface area contributed by atoms with Crippen molar-refractivity contribution in [1.29, 1.82) is 0 Å². The predicted molar refractivity (Wildman–Crippen MR) is 103 cm³/mol. The highest BCUT2D eigenvalue weighted by Crippen LogP contribution is 2.29. The fourth-order valence-corrected chi connectivity index (χ4v) is 3.39. The Bertz CT molecular complexity index is 1200. The molecule has 0 aliphatic carbocycles. The molecule has 0 saturated heterocycles. The molecule has 0 fully saturated rings. The number of hydrogen-bond acceptors (Lipinski definition) is 3. The van der Waals surface area contributed by atoms with E-state index in [0.717, 1.165) is 0 Å². The van der Waals surface area contributed by atoms with E-state index in [1.807, 2.05) is 42.5 Å². The SMILES string of the molecule is O=c1n(-c2ccccc2)c2ccccc2n1-c1cc(Br)ccc1[N+](=O)[O-]. The summed E-state index contributed by atoms with van der Waals surface area (Å²) in [5, 5.41) is 11.5.